The normalized spacial score (nSPS) is 15.6. The van der Waals surface area contributed by atoms with Crippen molar-refractivity contribution in [3.8, 4) is 17.2 Å². The van der Waals surface area contributed by atoms with Crippen molar-refractivity contribution in [1.82, 2.24) is 5.32 Å². The number of nitrogens with one attached hydrogen (secondary N) is 1. The van der Waals surface area contributed by atoms with E-state index >= 15 is 0 Å². The maximum absolute atomic E-state index is 12.7. The number of ketones is 1. The molecule has 116 valence electrons. The number of carbonyl (C=O) groups excluding carboxylic acids is 1. The average molecular weight is 314 g/mol. The Kier molecular flexibility index (Phi) is 5.31. The molecule has 0 aromatic heterocycles. The molecule has 0 bridgehead atoms. The third kappa shape index (κ3) is 3.09. The number of Topliss-reactive ketones (excluding diaryl/α,β-unsaturated/α-hetero) is 1. The Morgan fingerprint density at radius 1 is 1.10 bits per heavy atom. The van der Waals surface area contributed by atoms with Crippen LogP contribution in [0.15, 0.2) is 6.07 Å². The SMILES string of the molecule is COc1c(Cl)cc(C(=O)C2CCNCC2)c(OC)c1OC. The Labute approximate surface area is 129 Å². The predicted octanol–water partition coefficient (Wildman–Crippen LogP) is 2.55. The van der Waals surface area contributed by atoms with Gasteiger partial charge in [0.1, 0.15) is 0 Å². The van der Waals surface area contributed by atoms with Gasteiger partial charge in [-0.05, 0) is 32.0 Å². The van der Waals surface area contributed by atoms with Crippen LogP contribution >= 0.6 is 11.6 Å². The monoisotopic (exact) mass is 313 g/mol. The number of rotatable bonds is 5. The van der Waals surface area contributed by atoms with Gasteiger partial charge in [-0.3, -0.25) is 4.79 Å². The topological polar surface area (TPSA) is 56.8 Å². The molecular formula is C15H20ClNO4. The van der Waals surface area contributed by atoms with Gasteiger partial charge in [-0.1, -0.05) is 11.6 Å². The number of piperidine rings is 1. The minimum absolute atomic E-state index is 0.0192. The van der Waals surface area contributed by atoms with Gasteiger partial charge in [-0.2, -0.15) is 0 Å². The molecule has 0 unspecified atom stereocenters. The van der Waals surface area contributed by atoms with Crippen molar-refractivity contribution in [3.05, 3.63) is 16.7 Å². The molecule has 1 aromatic carbocycles. The van der Waals surface area contributed by atoms with E-state index in [-0.39, 0.29) is 11.7 Å². The molecule has 5 nitrogen and oxygen atoms in total. The predicted molar refractivity (Wildman–Crippen MR) is 81.0 cm³/mol. The molecule has 1 aromatic rings. The Morgan fingerprint density at radius 3 is 2.19 bits per heavy atom. The van der Waals surface area contributed by atoms with E-state index in [0.29, 0.717) is 27.8 Å². The largest absolute Gasteiger partial charge is 0.492 e. The number of ether oxygens (including phenoxy) is 3. The Morgan fingerprint density at radius 2 is 1.67 bits per heavy atom. The van der Waals surface area contributed by atoms with Crippen LogP contribution in [-0.4, -0.2) is 40.2 Å². The molecule has 0 radical (unpaired) electrons. The van der Waals surface area contributed by atoms with E-state index in [2.05, 4.69) is 5.32 Å². The minimum atomic E-state index is -0.0192. The van der Waals surface area contributed by atoms with E-state index in [0.717, 1.165) is 25.9 Å². The molecular weight excluding hydrogens is 294 g/mol. The first kappa shape index (κ1) is 15.9. The van der Waals surface area contributed by atoms with Crippen LogP contribution in [0.2, 0.25) is 5.02 Å². The molecule has 1 heterocycles. The molecule has 0 spiro atoms. The van der Waals surface area contributed by atoms with Crippen LogP contribution in [0.4, 0.5) is 0 Å². The zero-order valence-corrected chi connectivity index (χ0v) is 13.3. The van der Waals surface area contributed by atoms with Crippen LogP contribution in [0.25, 0.3) is 0 Å². The van der Waals surface area contributed by atoms with Crippen LogP contribution in [0.5, 0.6) is 17.2 Å². The lowest BCUT2D eigenvalue weighted by molar-refractivity contribution is 0.0891. The molecule has 0 aliphatic carbocycles. The summed E-state index contributed by atoms with van der Waals surface area (Å²) in [7, 11) is 4.50. The van der Waals surface area contributed by atoms with Crippen molar-refractivity contribution >= 4 is 17.4 Å². The standard InChI is InChI=1S/C15H20ClNO4/c1-19-13-10(12(18)9-4-6-17-7-5-9)8-11(16)14(20-2)15(13)21-3/h8-9,17H,4-7H2,1-3H3. The highest BCUT2D eigenvalue weighted by molar-refractivity contribution is 6.33. The molecule has 0 amide bonds. The van der Waals surface area contributed by atoms with Crippen molar-refractivity contribution in [3.63, 3.8) is 0 Å². The van der Waals surface area contributed by atoms with Crippen LogP contribution in [0.1, 0.15) is 23.2 Å². The first-order chi connectivity index (χ1) is 10.1. The van der Waals surface area contributed by atoms with Crippen LogP contribution < -0.4 is 19.5 Å². The highest BCUT2D eigenvalue weighted by Crippen LogP contribution is 2.45. The molecule has 1 aliphatic rings. The number of benzene rings is 1. The van der Waals surface area contributed by atoms with Crippen molar-refractivity contribution < 1.29 is 19.0 Å². The first-order valence-electron chi connectivity index (χ1n) is 6.87. The van der Waals surface area contributed by atoms with Crippen LogP contribution in [-0.2, 0) is 0 Å². The molecule has 1 aliphatic heterocycles. The average Bonchev–Trinajstić information content (AvgIpc) is 2.53. The van der Waals surface area contributed by atoms with Gasteiger partial charge in [-0.25, -0.2) is 0 Å². The lowest BCUT2D eigenvalue weighted by Crippen LogP contribution is -2.32. The van der Waals surface area contributed by atoms with Crippen molar-refractivity contribution in [2.75, 3.05) is 34.4 Å². The molecule has 0 saturated carbocycles. The summed E-state index contributed by atoms with van der Waals surface area (Å²) in [5, 5.41) is 3.59. The summed E-state index contributed by atoms with van der Waals surface area (Å²) in [5.41, 5.74) is 0.451. The fourth-order valence-corrected chi connectivity index (χ4v) is 2.93. The molecule has 1 N–H and O–H groups in total. The van der Waals surface area contributed by atoms with Gasteiger partial charge in [0.15, 0.2) is 17.3 Å². The molecule has 0 atom stereocenters. The van der Waals surface area contributed by atoms with Crippen molar-refractivity contribution in [1.29, 1.82) is 0 Å². The summed E-state index contributed by atoms with van der Waals surface area (Å²) in [6, 6.07) is 1.60. The Balaban J connectivity index is 2.47. The quantitative estimate of drug-likeness (QED) is 0.847. The summed E-state index contributed by atoms with van der Waals surface area (Å²) in [6.45, 7) is 1.69. The molecule has 6 heteroatoms. The van der Waals surface area contributed by atoms with Gasteiger partial charge in [0.05, 0.1) is 31.9 Å². The third-order valence-electron chi connectivity index (χ3n) is 3.73. The number of carbonyl (C=O) groups is 1. The van der Waals surface area contributed by atoms with E-state index in [1.165, 1.54) is 21.3 Å². The highest BCUT2D eigenvalue weighted by Gasteiger charge is 2.29. The minimum Gasteiger partial charge on any atom is -0.492 e. The van der Waals surface area contributed by atoms with E-state index in [1.807, 2.05) is 0 Å². The summed E-state index contributed by atoms with van der Waals surface area (Å²) < 4.78 is 15.9. The van der Waals surface area contributed by atoms with E-state index in [4.69, 9.17) is 25.8 Å². The second kappa shape index (κ2) is 7.00. The highest BCUT2D eigenvalue weighted by atomic mass is 35.5. The third-order valence-corrected chi connectivity index (χ3v) is 4.01. The Bertz CT molecular complexity index is 527. The van der Waals surface area contributed by atoms with Crippen LogP contribution in [0, 0.1) is 5.92 Å². The van der Waals surface area contributed by atoms with Gasteiger partial charge in [-0.15, -0.1) is 0 Å². The number of hydrogen-bond donors (Lipinski definition) is 1. The summed E-state index contributed by atoms with van der Waals surface area (Å²) >= 11 is 6.20. The zero-order chi connectivity index (χ0) is 15.4. The molecule has 21 heavy (non-hydrogen) atoms. The van der Waals surface area contributed by atoms with E-state index in [9.17, 15) is 4.79 Å². The lowest BCUT2D eigenvalue weighted by Gasteiger charge is -2.23. The second-order valence-corrected chi connectivity index (χ2v) is 5.30. The number of halogens is 1. The maximum Gasteiger partial charge on any atom is 0.205 e. The van der Waals surface area contributed by atoms with Gasteiger partial charge in [0.25, 0.3) is 0 Å². The van der Waals surface area contributed by atoms with Gasteiger partial charge in [0, 0.05) is 5.92 Å². The molecule has 2 rings (SSSR count). The van der Waals surface area contributed by atoms with Gasteiger partial charge in [0.2, 0.25) is 5.75 Å². The van der Waals surface area contributed by atoms with Crippen molar-refractivity contribution in [2.24, 2.45) is 5.92 Å². The number of methoxy groups -OCH3 is 3. The van der Waals surface area contributed by atoms with Gasteiger partial charge >= 0.3 is 0 Å². The fourth-order valence-electron chi connectivity index (χ4n) is 2.66. The molecule has 1 fully saturated rings. The number of hydrogen-bond acceptors (Lipinski definition) is 5. The van der Waals surface area contributed by atoms with E-state index < -0.39 is 0 Å². The Hall–Kier alpha value is -1.46. The lowest BCUT2D eigenvalue weighted by atomic mass is 9.89. The zero-order valence-electron chi connectivity index (χ0n) is 12.5. The second-order valence-electron chi connectivity index (χ2n) is 4.89. The summed E-state index contributed by atoms with van der Waals surface area (Å²) in [4.78, 5) is 12.7. The van der Waals surface area contributed by atoms with E-state index in [1.54, 1.807) is 6.07 Å². The summed E-state index contributed by atoms with van der Waals surface area (Å²) in [5.74, 6) is 1.12. The molecule has 1 saturated heterocycles. The van der Waals surface area contributed by atoms with Crippen LogP contribution in [0.3, 0.4) is 0 Å². The summed E-state index contributed by atoms with van der Waals surface area (Å²) in [6.07, 6.45) is 1.63. The van der Waals surface area contributed by atoms with Gasteiger partial charge < -0.3 is 19.5 Å². The first-order valence-corrected chi connectivity index (χ1v) is 7.25. The van der Waals surface area contributed by atoms with Crippen molar-refractivity contribution in [2.45, 2.75) is 12.8 Å². The smallest absolute Gasteiger partial charge is 0.205 e. The fraction of sp³-hybridized carbons (Fsp3) is 0.533. The maximum atomic E-state index is 12.7.